The maximum Gasteiger partial charge on any atom is 0.255 e. The second-order valence-electron chi connectivity index (χ2n) is 4.74. The van der Waals surface area contributed by atoms with E-state index in [0.717, 1.165) is 22.2 Å². The van der Waals surface area contributed by atoms with Crippen molar-refractivity contribution in [1.82, 2.24) is 9.55 Å². The molecular formula is C15H18N4O2. The molecule has 0 aliphatic carbocycles. The van der Waals surface area contributed by atoms with Crippen LogP contribution in [-0.2, 0) is 17.8 Å². The summed E-state index contributed by atoms with van der Waals surface area (Å²) in [7, 11) is 0. The van der Waals surface area contributed by atoms with Gasteiger partial charge in [-0.3, -0.25) is 14.2 Å². The molecule has 0 atom stereocenters. The summed E-state index contributed by atoms with van der Waals surface area (Å²) < 4.78 is 1.15. The molecule has 110 valence electrons. The molecule has 0 aliphatic heterocycles. The number of hydrogen-bond donors (Lipinski definition) is 2. The Kier molecular flexibility index (Phi) is 4.37. The minimum atomic E-state index is -0.334. The minimum absolute atomic E-state index is 0.0407. The van der Waals surface area contributed by atoms with E-state index in [9.17, 15) is 9.59 Å². The number of anilines is 2. The highest BCUT2D eigenvalue weighted by Crippen LogP contribution is 2.15. The third kappa shape index (κ3) is 3.47. The smallest absolute Gasteiger partial charge is 0.255 e. The number of amides is 1. The number of nitrogen functional groups attached to an aromatic ring is 1. The Balaban J connectivity index is 2.18. The predicted octanol–water partition coefficient (Wildman–Crippen LogP) is 1.34. The fourth-order valence-corrected chi connectivity index (χ4v) is 2.09. The number of nitrogens with two attached hydrogens (primary N) is 1. The summed E-state index contributed by atoms with van der Waals surface area (Å²) in [5.74, 6) is -0.269. The highest BCUT2D eigenvalue weighted by atomic mass is 16.2. The number of nitrogens with one attached hydrogen (secondary N) is 1. The van der Waals surface area contributed by atoms with Crippen LogP contribution in [0.4, 0.5) is 11.6 Å². The Morgan fingerprint density at radius 3 is 2.76 bits per heavy atom. The molecule has 0 saturated heterocycles. The number of carbonyl (C=O) groups is 1. The van der Waals surface area contributed by atoms with Crippen LogP contribution in [0.15, 0.2) is 35.1 Å². The SMILES string of the molecule is CCc1ccccc1NC(=O)Cn1c(N)nc(C)cc1=O. The summed E-state index contributed by atoms with van der Waals surface area (Å²) in [5, 5.41) is 2.80. The molecule has 1 amide bonds. The van der Waals surface area contributed by atoms with E-state index in [1.54, 1.807) is 6.92 Å². The number of aromatic nitrogens is 2. The first kappa shape index (κ1) is 14.8. The summed E-state index contributed by atoms with van der Waals surface area (Å²) in [6, 6.07) is 8.90. The van der Waals surface area contributed by atoms with Crippen LogP contribution in [0.3, 0.4) is 0 Å². The average Bonchev–Trinajstić information content (AvgIpc) is 2.43. The lowest BCUT2D eigenvalue weighted by Crippen LogP contribution is -2.30. The van der Waals surface area contributed by atoms with Crippen molar-refractivity contribution in [1.29, 1.82) is 0 Å². The van der Waals surface area contributed by atoms with Crippen LogP contribution in [-0.4, -0.2) is 15.5 Å². The monoisotopic (exact) mass is 286 g/mol. The van der Waals surface area contributed by atoms with Gasteiger partial charge in [-0.2, -0.15) is 0 Å². The van der Waals surface area contributed by atoms with Gasteiger partial charge in [-0.25, -0.2) is 4.98 Å². The summed E-state index contributed by atoms with van der Waals surface area (Å²) in [6.07, 6.45) is 0.810. The molecule has 6 heteroatoms. The van der Waals surface area contributed by atoms with Gasteiger partial charge in [0, 0.05) is 17.4 Å². The molecule has 1 aromatic carbocycles. The Morgan fingerprint density at radius 1 is 1.38 bits per heavy atom. The van der Waals surface area contributed by atoms with Gasteiger partial charge in [0.25, 0.3) is 5.56 Å². The molecule has 0 saturated carbocycles. The molecule has 6 nitrogen and oxygen atoms in total. The van der Waals surface area contributed by atoms with E-state index in [1.165, 1.54) is 6.07 Å². The highest BCUT2D eigenvalue weighted by Gasteiger charge is 2.10. The van der Waals surface area contributed by atoms with E-state index in [0.29, 0.717) is 5.69 Å². The first-order valence-electron chi connectivity index (χ1n) is 6.73. The fourth-order valence-electron chi connectivity index (χ4n) is 2.09. The maximum atomic E-state index is 12.1. The van der Waals surface area contributed by atoms with Crippen molar-refractivity contribution in [2.45, 2.75) is 26.8 Å². The van der Waals surface area contributed by atoms with Crippen molar-refractivity contribution in [2.24, 2.45) is 0 Å². The molecular weight excluding hydrogens is 268 g/mol. The fraction of sp³-hybridized carbons (Fsp3) is 0.267. The van der Waals surface area contributed by atoms with Crippen LogP contribution in [0, 0.1) is 6.92 Å². The number of para-hydroxylation sites is 1. The molecule has 1 heterocycles. The van der Waals surface area contributed by atoms with Gasteiger partial charge in [0.1, 0.15) is 6.54 Å². The average molecular weight is 286 g/mol. The number of nitrogens with zero attached hydrogens (tertiary/aromatic N) is 2. The topological polar surface area (TPSA) is 90.0 Å². The van der Waals surface area contributed by atoms with Crippen LogP contribution in [0.25, 0.3) is 0 Å². The molecule has 0 fully saturated rings. The Hall–Kier alpha value is -2.63. The summed E-state index contributed by atoms with van der Waals surface area (Å²) >= 11 is 0. The molecule has 1 aromatic heterocycles. The largest absolute Gasteiger partial charge is 0.369 e. The third-order valence-electron chi connectivity index (χ3n) is 3.14. The summed E-state index contributed by atoms with van der Waals surface area (Å²) in [4.78, 5) is 27.9. The van der Waals surface area contributed by atoms with Crippen molar-refractivity contribution in [3.63, 3.8) is 0 Å². The summed E-state index contributed by atoms with van der Waals surface area (Å²) in [6.45, 7) is 3.53. The van der Waals surface area contributed by atoms with Gasteiger partial charge in [0.15, 0.2) is 0 Å². The van der Waals surface area contributed by atoms with Gasteiger partial charge < -0.3 is 11.1 Å². The van der Waals surface area contributed by atoms with E-state index in [1.807, 2.05) is 31.2 Å². The lowest BCUT2D eigenvalue weighted by atomic mass is 10.1. The lowest BCUT2D eigenvalue weighted by Gasteiger charge is -2.12. The highest BCUT2D eigenvalue weighted by molar-refractivity contribution is 5.91. The standard InChI is InChI=1S/C15H18N4O2/c1-3-11-6-4-5-7-12(11)18-13(20)9-19-14(21)8-10(2)17-15(19)16/h4-8H,3,9H2,1-2H3,(H2,16,17)(H,18,20). The number of carbonyl (C=O) groups excluding carboxylic acids is 1. The Bertz CT molecular complexity index is 722. The Labute approximate surface area is 122 Å². The van der Waals surface area contributed by atoms with Gasteiger partial charge in [-0.1, -0.05) is 25.1 Å². The first-order chi connectivity index (χ1) is 10.0. The number of hydrogen-bond acceptors (Lipinski definition) is 4. The van der Waals surface area contributed by atoms with Gasteiger partial charge in [0.2, 0.25) is 11.9 Å². The Morgan fingerprint density at radius 2 is 2.10 bits per heavy atom. The molecule has 0 unspecified atom stereocenters. The van der Waals surface area contributed by atoms with Crippen molar-refractivity contribution in [3.8, 4) is 0 Å². The van der Waals surface area contributed by atoms with Crippen LogP contribution in [0.2, 0.25) is 0 Å². The van der Waals surface area contributed by atoms with E-state index < -0.39 is 0 Å². The van der Waals surface area contributed by atoms with E-state index >= 15 is 0 Å². The van der Waals surface area contributed by atoms with Gasteiger partial charge >= 0.3 is 0 Å². The zero-order chi connectivity index (χ0) is 15.4. The van der Waals surface area contributed by atoms with Crippen molar-refractivity contribution in [2.75, 3.05) is 11.1 Å². The van der Waals surface area contributed by atoms with Gasteiger partial charge in [0.05, 0.1) is 0 Å². The zero-order valence-electron chi connectivity index (χ0n) is 12.1. The van der Waals surface area contributed by atoms with E-state index in [2.05, 4.69) is 10.3 Å². The molecule has 2 rings (SSSR count). The van der Waals surface area contributed by atoms with E-state index in [4.69, 9.17) is 5.73 Å². The van der Waals surface area contributed by atoms with Crippen molar-refractivity contribution in [3.05, 3.63) is 51.9 Å². The van der Waals surface area contributed by atoms with Crippen LogP contribution < -0.4 is 16.6 Å². The van der Waals surface area contributed by atoms with Gasteiger partial charge in [-0.15, -0.1) is 0 Å². The van der Waals surface area contributed by atoms with Crippen LogP contribution in [0.5, 0.6) is 0 Å². The summed E-state index contributed by atoms with van der Waals surface area (Å²) in [5.41, 5.74) is 7.67. The minimum Gasteiger partial charge on any atom is -0.369 e. The molecule has 3 N–H and O–H groups in total. The molecule has 0 aliphatic rings. The molecule has 0 spiro atoms. The maximum absolute atomic E-state index is 12.1. The number of benzene rings is 1. The molecule has 0 bridgehead atoms. The lowest BCUT2D eigenvalue weighted by molar-refractivity contribution is -0.116. The first-order valence-corrected chi connectivity index (χ1v) is 6.73. The quantitative estimate of drug-likeness (QED) is 0.887. The predicted molar refractivity (Wildman–Crippen MR) is 82.1 cm³/mol. The molecule has 21 heavy (non-hydrogen) atoms. The zero-order valence-corrected chi connectivity index (χ0v) is 12.1. The van der Waals surface area contributed by atoms with E-state index in [-0.39, 0.29) is 24.0 Å². The van der Waals surface area contributed by atoms with Gasteiger partial charge in [-0.05, 0) is 25.0 Å². The third-order valence-corrected chi connectivity index (χ3v) is 3.14. The normalized spacial score (nSPS) is 10.4. The van der Waals surface area contributed by atoms with Crippen molar-refractivity contribution < 1.29 is 4.79 Å². The number of rotatable bonds is 4. The van der Waals surface area contributed by atoms with Crippen molar-refractivity contribution >= 4 is 17.5 Å². The number of aryl methyl sites for hydroxylation is 2. The van der Waals surface area contributed by atoms with Crippen LogP contribution in [0.1, 0.15) is 18.2 Å². The molecule has 0 radical (unpaired) electrons. The second-order valence-corrected chi connectivity index (χ2v) is 4.74. The molecule has 2 aromatic rings. The van der Waals surface area contributed by atoms with Crippen LogP contribution >= 0.6 is 0 Å². The second kappa shape index (κ2) is 6.21.